The molecule has 0 aliphatic heterocycles. The molecule has 0 aromatic heterocycles. The summed E-state index contributed by atoms with van der Waals surface area (Å²) in [7, 11) is -3.01. The van der Waals surface area contributed by atoms with Crippen molar-refractivity contribution in [2.75, 3.05) is 30.0 Å². The minimum atomic E-state index is -3.01. The summed E-state index contributed by atoms with van der Waals surface area (Å²) in [5.41, 5.74) is 1.02. The van der Waals surface area contributed by atoms with Crippen molar-refractivity contribution in [2.45, 2.75) is 6.42 Å². The van der Waals surface area contributed by atoms with Crippen molar-refractivity contribution in [3.8, 4) is 5.75 Å². The van der Waals surface area contributed by atoms with Crippen LogP contribution in [0.5, 0.6) is 5.75 Å². The Balaban J connectivity index is 2.43. The zero-order valence-corrected chi connectivity index (χ0v) is 14.5. The van der Waals surface area contributed by atoms with Crippen LogP contribution in [0.15, 0.2) is 24.3 Å². The molecule has 1 N–H and O–H groups in total. The molecule has 0 saturated heterocycles. The van der Waals surface area contributed by atoms with E-state index in [0.29, 0.717) is 36.5 Å². The van der Waals surface area contributed by atoms with Gasteiger partial charge in [-0.1, -0.05) is 44.0 Å². The van der Waals surface area contributed by atoms with Gasteiger partial charge < -0.3 is 14.2 Å². The molecule has 0 spiro atoms. The number of hydrogen-bond acceptors (Lipinski definition) is 4. The Morgan fingerprint density at radius 2 is 1.68 bits per heavy atom. The minimum absolute atomic E-state index is 0.232. The number of benzene rings is 1. The summed E-state index contributed by atoms with van der Waals surface area (Å²) in [6.07, 6.45) is 0.986. The van der Waals surface area contributed by atoms with Gasteiger partial charge in [-0.25, -0.2) is 0 Å². The molecule has 0 amide bonds. The molecule has 0 aliphatic rings. The molecule has 19 heavy (non-hydrogen) atoms. The summed E-state index contributed by atoms with van der Waals surface area (Å²) >= 11 is 6.48. The van der Waals surface area contributed by atoms with Crippen molar-refractivity contribution in [3.05, 3.63) is 29.8 Å². The van der Waals surface area contributed by atoms with E-state index in [1.165, 1.54) is 0 Å². The summed E-state index contributed by atoms with van der Waals surface area (Å²) in [6.45, 7) is 0.695. The van der Waals surface area contributed by atoms with Crippen molar-refractivity contribution in [3.63, 3.8) is 0 Å². The monoisotopic (exact) mass is 414 g/mol. The zero-order valence-electron chi connectivity index (χ0n) is 10.4. The maximum absolute atomic E-state index is 12.3. The Bertz CT molecular complexity index is 411. The van der Waals surface area contributed by atoms with Crippen LogP contribution in [0.3, 0.4) is 0 Å². The summed E-state index contributed by atoms with van der Waals surface area (Å²) in [4.78, 5) is 0. The van der Waals surface area contributed by atoms with E-state index >= 15 is 0 Å². The molecule has 0 radical (unpaired) electrons. The van der Waals surface area contributed by atoms with Gasteiger partial charge in [-0.15, -0.1) is 0 Å². The summed E-state index contributed by atoms with van der Waals surface area (Å²) in [6, 6.07) is 6.87. The van der Waals surface area contributed by atoms with E-state index in [1.54, 1.807) is 12.1 Å². The number of phenols is 1. The summed E-state index contributed by atoms with van der Waals surface area (Å²) < 4.78 is 23.0. The van der Waals surface area contributed by atoms with E-state index < -0.39 is 7.60 Å². The molecule has 0 fully saturated rings. The number of hydrogen-bond donors (Lipinski definition) is 1. The van der Waals surface area contributed by atoms with Crippen molar-refractivity contribution >= 4 is 39.5 Å². The molecule has 0 bridgehead atoms. The number of aromatic hydroxyl groups is 1. The fourth-order valence-electron chi connectivity index (χ4n) is 1.41. The van der Waals surface area contributed by atoms with Gasteiger partial charge in [-0.3, -0.25) is 4.57 Å². The molecule has 7 heteroatoms. The Morgan fingerprint density at radius 1 is 1.05 bits per heavy atom. The van der Waals surface area contributed by atoms with Crippen LogP contribution in [0.2, 0.25) is 0 Å². The Kier molecular flexibility index (Phi) is 8.26. The summed E-state index contributed by atoms with van der Waals surface area (Å²) in [5, 5.41) is 10.4. The highest BCUT2D eigenvalue weighted by molar-refractivity contribution is 9.09. The molecule has 4 nitrogen and oxygen atoms in total. The van der Waals surface area contributed by atoms with Gasteiger partial charge in [0.2, 0.25) is 0 Å². The fourth-order valence-corrected chi connectivity index (χ4v) is 4.40. The largest absolute Gasteiger partial charge is 0.508 e. The molecule has 1 aromatic rings. The average Bonchev–Trinajstić information content (AvgIpc) is 2.39. The van der Waals surface area contributed by atoms with E-state index in [-0.39, 0.29) is 5.75 Å². The number of alkyl halides is 2. The third-order valence-corrected chi connectivity index (χ3v) is 5.59. The van der Waals surface area contributed by atoms with Crippen molar-refractivity contribution in [1.82, 2.24) is 0 Å². The first-order valence-electron chi connectivity index (χ1n) is 5.87. The quantitative estimate of drug-likeness (QED) is 0.490. The molecule has 1 rings (SSSR count). The van der Waals surface area contributed by atoms with E-state index in [4.69, 9.17) is 9.05 Å². The lowest BCUT2D eigenvalue weighted by molar-refractivity contribution is 0.216. The second-order valence-corrected chi connectivity index (χ2v) is 7.57. The van der Waals surface area contributed by atoms with E-state index in [9.17, 15) is 9.67 Å². The highest BCUT2D eigenvalue weighted by Crippen LogP contribution is 2.48. The van der Waals surface area contributed by atoms with Gasteiger partial charge in [0.15, 0.2) is 0 Å². The molecule has 0 aliphatic carbocycles. The Labute approximate surface area is 130 Å². The molecule has 1 unspecified atom stereocenters. The number of phenolic OH excluding ortho intramolecular Hbond substituents is 1. The normalized spacial score (nSPS) is 14.2. The molecule has 1 atom stereocenters. The fraction of sp³-hybridized carbons (Fsp3) is 0.500. The highest BCUT2D eigenvalue weighted by atomic mass is 79.9. The van der Waals surface area contributed by atoms with Crippen LogP contribution >= 0.6 is 39.5 Å². The topological polar surface area (TPSA) is 55.8 Å². The maximum Gasteiger partial charge on any atom is 0.331 e. The predicted molar refractivity (Wildman–Crippen MR) is 83.8 cm³/mol. The smallest absolute Gasteiger partial charge is 0.331 e. The molecule has 108 valence electrons. The zero-order chi connectivity index (χ0) is 14.1. The predicted octanol–water partition coefficient (Wildman–Crippen LogP) is 3.95. The van der Waals surface area contributed by atoms with Crippen LogP contribution < -0.4 is 0 Å². The van der Waals surface area contributed by atoms with Crippen LogP contribution in [0, 0.1) is 0 Å². The highest BCUT2D eigenvalue weighted by Gasteiger charge is 2.23. The molecular formula is C12H17Br2O4P. The second kappa shape index (κ2) is 9.14. The SMILES string of the molecule is O=P(CCBr)(OCCBr)OCCc1ccc(O)cc1. The van der Waals surface area contributed by atoms with E-state index in [1.807, 2.05) is 12.1 Å². The Morgan fingerprint density at radius 3 is 2.26 bits per heavy atom. The molecule has 0 heterocycles. The first-order valence-corrected chi connectivity index (χ1v) is 9.85. The molecule has 1 aromatic carbocycles. The lowest BCUT2D eigenvalue weighted by Gasteiger charge is -2.17. The van der Waals surface area contributed by atoms with Crippen molar-refractivity contribution < 1.29 is 18.7 Å². The van der Waals surface area contributed by atoms with Crippen LogP contribution in [0.25, 0.3) is 0 Å². The van der Waals surface area contributed by atoms with Gasteiger partial charge >= 0.3 is 7.60 Å². The minimum Gasteiger partial charge on any atom is -0.508 e. The third-order valence-electron chi connectivity index (χ3n) is 2.34. The van der Waals surface area contributed by atoms with Gasteiger partial charge in [0, 0.05) is 10.7 Å². The van der Waals surface area contributed by atoms with Crippen LogP contribution in [-0.2, 0) is 20.0 Å². The van der Waals surface area contributed by atoms with Crippen molar-refractivity contribution in [2.24, 2.45) is 0 Å². The Hall–Kier alpha value is 0.130. The van der Waals surface area contributed by atoms with Crippen LogP contribution in [0.4, 0.5) is 0 Å². The van der Waals surface area contributed by atoms with Gasteiger partial charge in [-0.05, 0) is 24.1 Å². The van der Waals surface area contributed by atoms with E-state index in [0.717, 1.165) is 5.56 Å². The number of halogens is 2. The van der Waals surface area contributed by atoms with Gasteiger partial charge in [-0.2, -0.15) is 0 Å². The number of rotatable bonds is 9. The molecule has 0 saturated carbocycles. The van der Waals surface area contributed by atoms with Gasteiger partial charge in [0.25, 0.3) is 0 Å². The standard InChI is InChI=1S/C12H17Br2O4P/c13-6-9-18-19(16,10-7-14)17-8-5-11-1-3-12(15)4-2-11/h1-4,15H,5-10H2. The van der Waals surface area contributed by atoms with Crippen molar-refractivity contribution in [1.29, 1.82) is 0 Å². The van der Waals surface area contributed by atoms with Crippen LogP contribution in [-0.4, -0.2) is 35.1 Å². The average molecular weight is 416 g/mol. The second-order valence-electron chi connectivity index (χ2n) is 3.80. The van der Waals surface area contributed by atoms with E-state index in [2.05, 4.69) is 31.9 Å². The van der Waals surface area contributed by atoms with Gasteiger partial charge in [0.05, 0.1) is 19.4 Å². The summed E-state index contributed by atoms with van der Waals surface area (Å²) in [5.74, 6) is 0.232. The lowest BCUT2D eigenvalue weighted by Crippen LogP contribution is -2.05. The lowest BCUT2D eigenvalue weighted by atomic mass is 10.2. The third kappa shape index (κ3) is 6.91. The molecular weight excluding hydrogens is 399 g/mol. The maximum atomic E-state index is 12.3. The first kappa shape index (κ1) is 17.2. The van der Waals surface area contributed by atoms with Gasteiger partial charge in [0.1, 0.15) is 5.75 Å². The van der Waals surface area contributed by atoms with Crippen LogP contribution in [0.1, 0.15) is 5.56 Å². The first-order chi connectivity index (χ1) is 9.09.